The topological polar surface area (TPSA) is 70.2 Å². The van der Waals surface area contributed by atoms with Gasteiger partial charge >= 0.3 is 0 Å². The van der Waals surface area contributed by atoms with Gasteiger partial charge in [-0.2, -0.15) is 4.31 Å². The zero-order valence-corrected chi connectivity index (χ0v) is 22.0. The molecule has 0 spiro atoms. The number of sulfonamides is 1. The first kappa shape index (κ1) is 26.0. The molecule has 1 aliphatic rings. The molecule has 1 saturated heterocycles. The first-order chi connectivity index (χ1) is 17.3. The SMILES string of the molecule is COc1ccccc1N1CCN(C(=O)CN(Cc2ccc(Cl)cc2)S(=O)(=O)c2ccc(C)cc2)CC1. The predicted molar refractivity (Wildman–Crippen MR) is 142 cm³/mol. The van der Waals surface area contributed by atoms with E-state index in [0.29, 0.717) is 31.2 Å². The number of nitrogens with zero attached hydrogens (tertiary/aromatic N) is 3. The molecular weight excluding hydrogens is 498 g/mol. The largest absolute Gasteiger partial charge is 0.495 e. The lowest BCUT2D eigenvalue weighted by molar-refractivity contribution is -0.131. The van der Waals surface area contributed by atoms with Crippen LogP contribution in [0.4, 0.5) is 5.69 Å². The molecule has 3 aromatic rings. The fraction of sp³-hybridized carbons (Fsp3) is 0.296. The number of anilines is 1. The quantitative estimate of drug-likeness (QED) is 0.439. The third kappa shape index (κ3) is 6.00. The summed E-state index contributed by atoms with van der Waals surface area (Å²) in [7, 11) is -2.26. The van der Waals surface area contributed by atoms with Crippen molar-refractivity contribution in [3.63, 3.8) is 0 Å². The van der Waals surface area contributed by atoms with E-state index in [4.69, 9.17) is 16.3 Å². The number of benzene rings is 3. The van der Waals surface area contributed by atoms with E-state index in [1.54, 1.807) is 60.5 Å². The molecule has 1 amide bonds. The van der Waals surface area contributed by atoms with Gasteiger partial charge in [0.2, 0.25) is 15.9 Å². The molecule has 0 unspecified atom stereocenters. The summed E-state index contributed by atoms with van der Waals surface area (Å²) in [5.41, 5.74) is 2.70. The van der Waals surface area contributed by atoms with Crippen LogP contribution in [0.5, 0.6) is 5.75 Å². The Morgan fingerprint density at radius 2 is 1.58 bits per heavy atom. The fourth-order valence-electron chi connectivity index (χ4n) is 4.22. The summed E-state index contributed by atoms with van der Waals surface area (Å²) in [6.07, 6.45) is 0. The first-order valence-corrected chi connectivity index (χ1v) is 13.6. The van der Waals surface area contributed by atoms with E-state index >= 15 is 0 Å². The Labute approximate surface area is 217 Å². The number of hydrogen-bond acceptors (Lipinski definition) is 5. The molecule has 1 aliphatic heterocycles. The van der Waals surface area contributed by atoms with E-state index in [-0.39, 0.29) is 23.9 Å². The van der Waals surface area contributed by atoms with Crippen LogP contribution < -0.4 is 9.64 Å². The van der Waals surface area contributed by atoms with E-state index in [1.807, 2.05) is 31.2 Å². The van der Waals surface area contributed by atoms with Crippen molar-refractivity contribution in [1.29, 1.82) is 0 Å². The minimum atomic E-state index is -3.90. The van der Waals surface area contributed by atoms with E-state index in [0.717, 1.165) is 22.6 Å². The van der Waals surface area contributed by atoms with Gasteiger partial charge in [0.15, 0.2) is 0 Å². The van der Waals surface area contributed by atoms with Crippen LogP contribution in [0.1, 0.15) is 11.1 Å². The highest BCUT2D eigenvalue weighted by molar-refractivity contribution is 7.89. The number of rotatable bonds is 8. The second-order valence-corrected chi connectivity index (χ2v) is 11.1. The third-order valence-corrected chi connectivity index (χ3v) is 8.36. The predicted octanol–water partition coefficient (Wildman–Crippen LogP) is 4.20. The summed E-state index contributed by atoms with van der Waals surface area (Å²) in [5.74, 6) is 0.565. The summed E-state index contributed by atoms with van der Waals surface area (Å²) >= 11 is 6.01. The number of para-hydroxylation sites is 2. The van der Waals surface area contributed by atoms with Crippen LogP contribution in [0.15, 0.2) is 77.7 Å². The minimum absolute atomic E-state index is 0.0697. The molecule has 0 bridgehead atoms. The van der Waals surface area contributed by atoms with Crippen molar-refractivity contribution < 1.29 is 17.9 Å². The van der Waals surface area contributed by atoms with E-state index in [1.165, 1.54) is 4.31 Å². The average Bonchev–Trinajstić information content (AvgIpc) is 2.89. The molecule has 36 heavy (non-hydrogen) atoms. The first-order valence-electron chi connectivity index (χ1n) is 11.7. The number of halogens is 1. The molecule has 1 fully saturated rings. The van der Waals surface area contributed by atoms with Gasteiger partial charge in [0.25, 0.3) is 0 Å². The van der Waals surface area contributed by atoms with E-state index < -0.39 is 10.0 Å². The molecule has 9 heteroatoms. The maximum Gasteiger partial charge on any atom is 0.243 e. The number of carbonyl (C=O) groups excluding carboxylic acids is 1. The van der Waals surface area contributed by atoms with E-state index in [2.05, 4.69) is 4.90 Å². The number of amides is 1. The van der Waals surface area contributed by atoms with Gasteiger partial charge in [-0.25, -0.2) is 8.42 Å². The molecule has 0 N–H and O–H groups in total. The lowest BCUT2D eigenvalue weighted by Crippen LogP contribution is -2.51. The summed E-state index contributed by atoms with van der Waals surface area (Å²) in [5, 5.41) is 0.565. The van der Waals surface area contributed by atoms with Gasteiger partial charge in [0.1, 0.15) is 5.75 Å². The lowest BCUT2D eigenvalue weighted by atomic mass is 10.2. The van der Waals surface area contributed by atoms with Gasteiger partial charge in [0.05, 0.1) is 24.2 Å². The van der Waals surface area contributed by atoms with Gasteiger partial charge in [-0.1, -0.05) is 53.6 Å². The van der Waals surface area contributed by atoms with Crippen molar-refractivity contribution in [3.05, 3.63) is 88.9 Å². The highest BCUT2D eigenvalue weighted by Crippen LogP contribution is 2.28. The Kier molecular flexibility index (Phi) is 8.18. The number of carbonyl (C=O) groups is 1. The van der Waals surface area contributed by atoms with Gasteiger partial charge in [-0.15, -0.1) is 0 Å². The Morgan fingerprint density at radius 1 is 0.944 bits per heavy atom. The monoisotopic (exact) mass is 527 g/mol. The normalized spacial score (nSPS) is 14.2. The number of ether oxygens (including phenoxy) is 1. The second kappa shape index (κ2) is 11.3. The molecule has 3 aromatic carbocycles. The molecule has 1 heterocycles. The Hall–Kier alpha value is -3.07. The second-order valence-electron chi connectivity index (χ2n) is 8.75. The van der Waals surface area contributed by atoms with Crippen LogP contribution in [0, 0.1) is 6.92 Å². The number of aryl methyl sites for hydroxylation is 1. The van der Waals surface area contributed by atoms with Gasteiger partial charge in [0, 0.05) is 37.7 Å². The minimum Gasteiger partial charge on any atom is -0.495 e. The summed E-state index contributed by atoms with van der Waals surface area (Å²) in [4.78, 5) is 17.4. The Morgan fingerprint density at radius 3 is 2.22 bits per heavy atom. The average molecular weight is 528 g/mol. The van der Waals surface area contributed by atoms with Crippen LogP contribution in [0.2, 0.25) is 5.02 Å². The maximum atomic E-state index is 13.5. The molecule has 0 aromatic heterocycles. The van der Waals surface area contributed by atoms with Gasteiger partial charge < -0.3 is 14.5 Å². The number of methoxy groups -OCH3 is 1. The molecule has 4 rings (SSSR count). The number of hydrogen-bond donors (Lipinski definition) is 0. The molecular formula is C27H30ClN3O4S. The van der Waals surface area contributed by atoms with Crippen LogP contribution in [0.3, 0.4) is 0 Å². The molecule has 190 valence electrons. The van der Waals surface area contributed by atoms with Crippen LogP contribution in [0.25, 0.3) is 0 Å². The Bertz CT molecular complexity index is 1290. The van der Waals surface area contributed by atoms with Crippen molar-refractivity contribution in [1.82, 2.24) is 9.21 Å². The van der Waals surface area contributed by atoms with Crippen LogP contribution in [-0.4, -0.2) is 63.4 Å². The number of piperazine rings is 1. The molecule has 0 atom stereocenters. The maximum absolute atomic E-state index is 13.5. The van der Waals surface area contributed by atoms with Gasteiger partial charge in [-0.3, -0.25) is 4.79 Å². The van der Waals surface area contributed by atoms with Crippen molar-refractivity contribution in [2.45, 2.75) is 18.4 Å². The molecule has 0 saturated carbocycles. The zero-order valence-electron chi connectivity index (χ0n) is 20.4. The molecule has 0 aliphatic carbocycles. The van der Waals surface area contributed by atoms with E-state index in [9.17, 15) is 13.2 Å². The summed E-state index contributed by atoms with van der Waals surface area (Å²) in [6.45, 7) is 3.98. The van der Waals surface area contributed by atoms with Crippen molar-refractivity contribution in [3.8, 4) is 5.75 Å². The van der Waals surface area contributed by atoms with Crippen molar-refractivity contribution >= 4 is 33.2 Å². The summed E-state index contributed by atoms with van der Waals surface area (Å²) < 4.78 is 33.8. The standard InChI is InChI=1S/C27H30ClN3O4S/c1-21-7-13-24(14-8-21)36(33,34)31(19-22-9-11-23(28)12-10-22)20-27(32)30-17-15-29(16-18-30)25-5-3-4-6-26(25)35-2/h3-14H,15-20H2,1-2H3. The molecule has 0 radical (unpaired) electrons. The highest BCUT2D eigenvalue weighted by Gasteiger charge is 2.30. The highest BCUT2D eigenvalue weighted by atomic mass is 35.5. The third-order valence-electron chi connectivity index (χ3n) is 6.30. The van der Waals surface area contributed by atoms with Crippen LogP contribution in [-0.2, 0) is 21.4 Å². The molecule has 7 nitrogen and oxygen atoms in total. The van der Waals surface area contributed by atoms with Crippen molar-refractivity contribution in [2.75, 3.05) is 44.7 Å². The Balaban J connectivity index is 1.50. The summed E-state index contributed by atoms with van der Waals surface area (Å²) in [6, 6.07) is 21.4. The smallest absolute Gasteiger partial charge is 0.243 e. The van der Waals surface area contributed by atoms with Crippen LogP contribution >= 0.6 is 11.6 Å². The fourth-order valence-corrected chi connectivity index (χ4v) is 5.72. The van der Waals surface area contributed by atoms with Crippen molar-refractivity contribution in [2.24, 2.45) is 0 Å². The van der Waals surface area contributed by atoms with Gasteiger partial charge in [-0.05, 0) is 48.9 Å². The lowest BCUT2D eigenvalue weighted by Gasteiger charge is -2.37. The zero-order chi connectivity index (χ0) is 25.7.